The van der Waals surface area contributed by atoms with Crippen molar-refractivity contribution in [2.75, 3.05) is 26.3 Å². The van der Waals surface area contributed by atoms with E-state index in [1.54, 1.807) is 0 Å². The average Bonchev–Trinajstić information content (AvgIpc) is 3.38. The lowest BCUT2D eigenvalue weighted by atomic mass is 9.97. The fourth-order valence-electron chi connectivity index (χ4n) is 4.28. The molecule has 0 radical (unpaired) electrons. The summed E-state index contributed by atoms with van der Waals surface area (Å²) in [5, 5.41) is 4.18. The van der Waals surface area contributed by atoms with Crippen LogP contribution in [0.3, 0.4) is 0 Å². The molecule has 2 aromatic rings. The molecule has 0 amide bonds. The molecule has 0 spiro atoms. The normalized spacial score (nSPS) is 21.7. The van der Waals surface area contributed by atoms with Crippen LogP contribution >= 0.6 is 0 Å². The van der Waals surface area contributed by atoms with Crippen molar-refractivity contribution in [1.29, 1.82) is 0 Å². The summed E-state index contributed by atoms with van der Waals surface area (Å²) in [5.41, 5.74) is 1.25. The molecule has 1 unspecified atom stereocenters. The zero-order chi connectivity index (χ0) is 18.3. The van der Waals surface area contributed by atoms with Crippen molar-refractivity contribution in [1.82, 2.24) is 20.0 Å². The van der Waals surface area contributed by atoms with Gasteiger partial charge in [0, 0.05) is 38.5 Å². The van der Waals surface area contributed by atoms with Gasteiger partial charge in [0.25, 0.3) is 0 Å². The third-order valence-electron chi connectivity index (χ3n) is 5.77. The first-order valence-corrected chi connectivity index (χ1v) is 10.4. The van der Waals surface area contributed by atoms with Crippen molar-refractivity contribution in [2.45, 2.75) is 57.4 Å². The van der Waals surface area contributed by atoms with Crippen molar-refractivity contribution in [3.8, 4) is 0 Å². The van der Waals surface area contributed by atoms with Gasteiger partial charge in [0.05, 0.1) is 12.5 Å². The van der Waals surface area contributed by atoms with E-state index in [0.29, 0.717) is 12.5 Å². The first-order valence-electron chi connectivity index (χ1n) is 10.4. The number of hydrogen-bond acceptors (Lipinski definition) is 6. The second-order valence-corrected chi connectivity index (χ2v) is 7.96. The van der Waals surface area contributed by atoms with Crippen molar-refractivity contribution < 1.29 is 9.26 Å². The van der Waals surface area contributed by atoms with E-state index in [1.807, 2.05) is 18.5 Å². The fourth-order valence-corrected chi connectivity index (χ4v) is 4.28. The fraction of sp³-hybridized carbons (Fsp3) is 0.667. The number of nitrogens with zero attached hydrogens (tertiary/aromatic N) is 4. The Morgan fingerprint density at radius 3 is 2.96 bits per heavy atom. The third-order valence-corrected chi connectivity index (χ3v) is 5.77. The van der Waals surface area contributed by atoms with E-state index in [4.69, 9.17) is 9.26 Å². The Bertz CT molecular complexity index is 684. The Labute approximate surface area is 161 Å². The van der Waals surface area contributed by atoms with E-state index in [0.717, 1.165) is 63.1 Å². The smallest absolute Gasteiger partial charge is 0.231 e. The summed E-state index contributed by atoms with van der Waals surface area (Å²) in [6.07, 6.45) is 12.1. The molecule has 2 aromatic heterocycles. The molecule has 2 fully saturated rings. The number of rotatable bonds is 8. The van der Waals surface area contributed by atoms with Crippen LogP contribution in [0.4, 0.5) is 0 Å². The van der Waals surface area contributed by atoms with Gasteiger partial charge in [-0.25, -0.2) is 0 Å². The van der Waals surface area contributed by atoms with Gasteiger partial charge in [0.2, 0.25) is 5.89 Å². The molecule has 1 saturated heterocycles. The second kappa shape index (κ2) is 9.42. The maximum Gasteiger partial charge on any atom is 0.231 e. The molecule has 27 heavy (non-hydrogen) atoms. The van der Waals surface area contributed by atoms with Gasteiger partial charge in [-0.3, -0.25) is 9.88 Å². The number of pyridine rings is 1. The van der Waals surface area contributed by atoms with Gasteiger partial charge in [-0.2, -0.15) is 4.98 Å². The maximum absolute atomic E-state index is 5.82. The Balaban J connectivity index is 1.23. The van der Waals surface area contributed by atoms with E-state index in [-0.39, 0.29) is 0 Å². The molecular formula is C21H30N4O2. The van der Waals surface area contributed by atoms with Crippen LogP contribution in [-0.2, 0) is 17.7 Å². The largest absolute Gasteiger partial charge is 0.381 e. The van der Waals surface area contributed by atoms with Gasteiger partial charge in [0.15, 0.2) is 5.82 Å². The predicted octanol–water partition coefficient (Wildman–Crippen LogP) is 3.59. The van der Waals surface area contributed by atoms with Crippen LogP contribution in [0.2, 0.25) is 0 Å². The Morgan fingerprint density at radius 1 is 1.19 bits per heavy atom. The summed E-state index contributed by atoms with van der Waals surface area (Å²) in [4.78, 5) is 11.3. The molecule has 1 atom stereocenters. The number of ether oxygens (including phenoxy) is 1. The molecule has 3 heterocycles. The van der Waals surface area contributed by atoms with Gasteiger partial charge in [0.1, 0.15) is 0 Å². The second-order valence-electron chi connectivity index (χ2n) is 7.96. The third kappa shape index (κ3) is 5.36. The lowest BCUT2D eigenvalue weighted by Crippen LogP contribution is -2.34. The standard InChI is InChI=1S/C21H30N4O2/c1-2-6-17(5-1)16-26-12-9-20-23-21(27-24-20)19-8-4-11-25(15-19)14-18-7-3-10-22-13-18/h3,7,10,13,17,19H,1-2,4-6,8-9,11-12,14-16H2. The summed E-state index contributed by atoms with van der Waals surface area (Å²) < 4.78 is 11.4. The van der Waals surface area contributed by atoms with Crippen LogP contribution < -0.4 is 0 Å². The van der Waals surface area contributed by atoms with Gasteiger partial charge < -0.3 is 9.26 Å². The molecule has 0 bridgehead atoms. The quantitative estimate of drug-likeness (QED) is 0.662. The molecule has 146 valence electrons. The van der Waals surface area contributed by atoms with E-state index in [2.05, 4.69) is 26.1 Å². The van der Waals surface area contributed by atoms with Gasteiger partial charge in [-0.1, -0.05) is 24.1 Å². The Kier molecular flexibility index (Phi) is 6.48. The molecular weight excluding hydrogens is 340 g/mol. The van der Waals surface area contributed by atoms with Crippen LogP contribution in [0.1, 0.15) is 61.7 Å². The minimum atomic E-state index is 0.330. The molecule has 2 aliphatic rings. The van der Waals surface area contributed by atoms with E-state index in [1.165, 1.54) is 31.2 Å². The number of aromatic nitrogens is 3. The number of piperidine rings is 1. The van der Waals surface area contributed by atoms with Gasteiger partial charge >= 0.3 is 0 Å². The average molecular weight is 370 g/mol. The Morgan fingerprint density at radius 2 is 2.11 bits per heavy atom. The molecule has 1 aliphatic carbocycles. The number of likely N-dealkylation sites (tertiary alicyclic amines) is 1. The van der Waals surface area contributed by atoms with Crippen LogP contribution in [0, 0.1) is 5.92 Å². The van der Waals surface area contributed by atoms with Crippen LogP contribution in [0.25, 0.3) is 0 Å². The maximum atomic E-state index is 5.82. The summed E-state index contributed by atoms with van der Waals surface area (Å²) in [7, 11) is 0. The van der Waals surface area contributed by atoms with E-state index < -0.39 is 0 Å². The molecule has 0 aromatic carbocycles. The summed E-state index contributed by atoms with van der Waals surface area (Å²) in [5.74, 6) is 2.66. The zero-order valence-corrected chi connectivity index (χ0v) is 16.1. The first kappa shape index (κ1) is 18.6. The minimum Gasteiger partial charge on any atom is -0.381 e. The summed E-state index contributed by atoms with van der Waals surface area (Å²) in [6.45, 7) is 4.58. The highest BCUT2D eigenvalue weighted by molar-refractivity contribution is 5.09. The van der Waals surface area contributed by atoms with E-state index in [9.17, 15) is 0 Å². The first-order chi connectivity index (χ1) is 13.4. The predicted molar refractivity (Wildman–Crippen MR) is 102 cm³/mol. The molecule has 6 heteroatoms. The highest BCUT2D eigenvalue weighted by atomic mass is 16.5. The van der Waals surface area contributed by atoms with Crippen molar-refractivity contribution in [3.63, 3.8) is 0 Å². The molecule has 6 nitrogen and oxygen atoms in total. The number of hydrogen-bond donors (Lipinski definition) is 0. The topological polar surface area (TPSA) is 64.3 Å². The minimum absolute atomic E-state index is 0.330. The van der Waals surface area contributed by atoms with Crippen molar-refractivity contribution in [2.24, 2.45) is 5.92 Å². The van der Waals surface area contributed by atoms with Gasteiger partial charge in [-0.05, 0) is 49.8 Å². The van der Waals surface area contributed by atoms with Gasteiger partial charge in [-0.15, -0.1) is 0 Å². The summed E-state index contributed by atoms with van der Waals surface area (Å²) >= 11 is 0. The van der Waals surface area contributed by atoms with E-state index >= 15 is 0 Å². The molecule has 1 aliphatic heterocycles. The van der Waals surface area contributed by atoms with Crippen LogP contribution in [-0.4, -0.2) is 46.3 Å². The van der Waals surface area contributed by atoms with Crippen molar-refractivity contribution in [3.05, 3.63) is 41.8 Å². The van der Waals surface area contributed by atoms with Crippen LogP contribution in [0.5, 0.6) is 0 Å². The SMILES string of the molecule is c1cncc(CN2CCCC(c3nc(CCOCC4CCCC4)no3)C2)c1. The lowest BCUT2D eigenvalue weighted by Gasteiger charge is -2.30. The molecule has 4 rings (SSSR count). The highest BCUT2D eigenvalue weighted by Gasteiger charge is 2.26. The van der Waals surface area contributed by atoms with Crippen molar-refractivity contribution >= 4 is 0 Å². The Hall–Kier alpha value is -1.79. The van der Waals surface area contributed by atoms with Crippen LogP contribution in [0.15, 0.2) is 29.0 Å². The molecule has 0 N–H and O–H groups in total. The molecule has 1 saturated carbocycles. The summed E-state index contributed by atoms with van der Waals surface area (Å²) in [6, 6.07) is 4.13. The highest BCUT2D eigenvalue weighted by Crippen LogP contribution is 2.27. The zero-order valence-electron chi connectivity index (χ0n) is 16.1. The monoisotopic (exact) mass is 370 g/mol. The lowest BCUT2D eigenvalue weighted by molar-refractivity contribution is 0.102.